The molecule has 1 aromatic rings. The predicted molar refractivity (Wildman–Crippen MR) is 69.1 cm³/mol. The van der Waals surface area contributed by atoms with E-state index in [-0.39, 0.29) is 11.4 Å². The van der Waals surface area contributed by atoms with Gasteiger partial charge in [0.25, 0.3) is 0 Å². The highest BCUT2D eigenvalue weighted by Gasteiger charge is 2.24. The third kappa shape index (κ3) is 4.47. The van der Waals surface area contributed by atoms with Gasteiger partial charge in [-0.2, -0.15) is 0 Å². The van der Waals surface area contributed by atoms with Gasteiger partial charge in [0.1, 0.15) is 17.5 Å². The van der Waals surface area contributed by atoms with Crippen molar-refractivity contribution in [1.82, 2.24) is 4.72 Å². The number of sulfonamides is 1. The molecule has 1 N–H and O–H groups in total. The summed E-state index contributed by atoms with van der Waals surface area (Å²) in [5.41, 5.74) is 0. The maximum absolute atomic E-state index is 13.4. The number of alkyl halides is 1. The molecule has 1 rings (SSSR count). The molecule has 19 heavy (non-hydrogen) atoms. The second kappa shape index (κ2) is 6.71. The normalized spacial score (nSPS) is 13.5. The van der Waals surface area contributed by atoms with Gasteiger partial charge in [-0.15, -0.1) is 0 Å². The first-order valence-corrected chi connectivity index (χ1v) is 7.96. The summed E-state index contributed by atoms with van der Waals surface area (Å²) >= 11 is 3.31. The number of hydrogen-bond acceptors (Lipinski definition) is 2. The van der Waals surface area contributed by atoms with Gasteiger partial charge in [-0.05, 0) is 12.8 Å². The third-order valence-electron chi connectivity index (χ3n) is 2.42. The van der Waals surface area contributed by atoms with E-state index in [0.29, 0.717) is 18.6 Å². The van der Waals surface area contributed by atoms with E-state index >= 15 is 0 Å². The van der Waals surface area contributed by atoms with Crippen molar-refractivity contribution in [3.8, 4) is 0 Å². The second-order valence-corrected chi connectivity index (χ2v) is 6.89. The van der Waals surface area contributed by atoms with Gasteiger partial charge >= 0.3 is 0 Å². The topological polar surface area (TPSA) is 46.2 Å². The Morgan fingerprint density at radius 2 is 1.79 bits per heavy atom. The van der Waals surface area contributed by atoms with Gasteiger partial charge in [0.15, 0.2) is 4.90 Å². The Labute approximate surface area is 118 Å². The van der Waals surface area contributed by atoms with Crippen LogP contribution in [-0.2, 0) is 10.0 Å². The molecule has 0 bridgehead atoms. The van der Waals surface area contributed by atoms with Crippen molar-refractivity contribution >= 4 is 26.0 Å². The smallest absolute Gasteiger partial charge is 0.211 e. The van der Waals surface area contributed by atoms with Crippen LogP contribution in [0.25, 0.3) is 0 Å². The van der Waals surface area contributed by atoms with Gasteiger partial charge < -0.3 is 0 Å². The fourth-order valence-corrected chi connectivity index (χ4v) is 2.80. The zero-order valence-corrected chi connectivity index (χ0v) is 12.5. The molecule has 0 saturated heterocycles. The minimum absolute atomic E-state index is 0.0301. The maximum atomic E-state index is 13.4. The summed E-state index contributed by atoms with van der Waals surface area (Å²) in [6.45, 7) is 1.94. The quantitative estimate of drug-likeness (QED) is 0.793. The molecule has 0 aromatic heterocycles. The second-order valence-electron chi connectivity index (χ2n) is 3.89. The van der Waals surface area contributed by atoms with Crippen LogP contribution in [0.1, 0.15) is 19.8 Å². The lowest BCUT2D eigenvalue weighted by molar-refractivity contribution is 0.493. The molecule has 0 amide bonds. The average molecular weight is 360 g/mol. The molecule has 1 unspecified atom stereocenters. The summed E-state index contributed by atoms with van der Waals surface area (Å²) in [5.74, 6) is -4.06. The molecule has 0 aliphatic rings. The number of halogens is 4. The third-order valence-corrected chi connectivity index (χ3v) is 5.04. The van der Waals surface area contributed by atoms with Crippen molar-refractivity contribution in [1.29, 1.82) is 0 Å². The van der Waals surface area contributed by atoms with Crippen LogP contribution in [0.4, 0.5) is 13.2 Å². The van der Waals surface area contributed by atoms with Crippen LogP contribution < -0.4 is 4.72 Å². The summed E-state index contributed by atoms with van der Waals surface area (Å²) in [5, 5.41) is 0. The summed E-state index contributed by atoms with van der Waals surface area (Å²) in [6.07, 6.45) is 1.27. The number of rotatable bonds is 6. The van der Waals surface area contributed by atoms with E-state index in [0.717, 1.165) is 6.42 Å². The van der Waals surface area contributed by atoms with Crippen LogP contribution in [0.2, 0.25) is 0 Å². The SMILES string of the molecule is CCC(Br)CCNS(=O)(=O)c1c(F)cc(F)cc1F. The molecule has 0 spiro atoms. The summed E-state index contributed by atoms with van der Waals surface area (Å²) in [6, 6.07) is 0.661. The van der Waals surface area contributed by atoms with Crippen LogP contribution in [0.3, 0.4) is 0 Å². The van der Waals surface area contributed by atoms with Gasteiger partial charge in [0.2, 0.25) is 10.0 Å². The van der Waals surface area contributed by atoms with Crippen molar-refractivity contribution in [3.05, 3.63) is 29.6 Å². The number of benzene rings is 1. The standard InChI is InChI=1S/C11H13BrF3NO2S/c1-2-7(12)3-4-16-19(17,18)11-9(14)5-8(13)6-10(11)15/h5-7,16H,2-4H2,1H3. The zero-order valence-electron chi connectivity index (χ0n) is 10.1. The van der Waals surface area contributed by atoms with Gasteiger partial charge in [-0.25, -0.2) is 26.3 Å². The molecule has 0 saturated carbocycles. The van der Waals surface area contributed by atoms with E-state index < -0.39 is 32.4 Å². The fourth-order valence-electron chi connectivity index (χ4n) is 1.41. The van der Waals surface area contributed by atoms with Crippen molar-refractivity contribution in [3.63, 3.8) is 0 Å². The van der Waals surface area contributed by atoms with Crippen molar-refractivity contribution in [2.45, 2.75) is 29.5 Å². The molecule has 0 aliphatic carbocycles. The lowest BCUT2D eigenvalue weighted by atomic mass is 10.2. The molecule has 108 valence electrons. The summed E-state index contributed by atoms with van der Waals surface area (Å²) in [4.78, 5) is -1.05. The largest absolute Gasteiger partial charge is 0.246 e. The lowest BCUT2D eigenvalue weighted by Gasteiger charge is -2.10. The maximum Gasteiger partial charge on any atom is 0.246 e. The van der Waals surface area contributed by atoms with Crippen LogP contribution in [0, 0.1) is 17.5 Å². The Bertz CT molecular complexity index is 528. The van der Waals surface area contributed by atoms with E-state index in [2.05, 4.69) is 20.7 Å². The van der Waals surface area contributed by atoms with Crippen molar-refractivity contribution in [2.75, 3.05) is 6.54 Å². The molecule has 3 nitrogen and oxygen atoms in total. The van der Waals surface area contributed by atoms with Gasteiger partial charge in [-0.1, -0.05) is 22.9 Å². The van der Waals surface area contributed by atoms with E-state index in [1.54, 1.807) is 0 Å². The minimum Gasteiger partial charge on any atom is -0.211 e. The Morgan fingerprint density at radius 1 is 1.26 bits per heavy atom. The van der Waals surface area contributed by atoms with Crippen LogP contribution in [0.15, 0.2) is 17.0 Å². The van der Waals surface area contributed by atoms with Crippen LogP contribution in [-0.4, -0.2) is 19.8 Å². The Hall–Kier alpha value is -0.600. The van der Waals surface area contributed by atoms with Crippen LogP contribution >= 0.6 is 15.9 Å². The van der Waals surface area contributed by atoms with E-state index in [1.807, 2.05) is 6.92 Å². The monoisotopic (exact) mass is 359 g/mol. The number of hydrogen-bond donors (Lipinski definition) is 1. The Morgan fingerprint density at radius 3 is 2.26 bits per heavy atom. The van der Waals surface area contributed by atoms with Gasteiger partial charge in [-0.3, -0.25) is 0 Å². The summed E-state index contributed by atoms with van der Waals surface area (Å²) < 4.78 is 64.9. The minimum atomic E-state index is -4.33. The molecular weight excluding hydrogens is 347 g/mol. The van der Waals surface area contributed by atoms with Gasteiger partial charge in [0, 0.05) is 23.5 Å². The first-order valence-electron chi connectivity index (χ1n) is 5.56. The molecular formula is C11H13BrF3NO2S. The van der Waals surface area contributed by atoms with E-state index in [1.165, 1.54) is 0 Å². The average Bonchev–Trinajstić information content (AvgIpc) is 2.26. The zero-order chi connectivity index (χ0) is 14.6. The molecule has 0 aliphatic heterocycles. The molecule has 1 aromatic carbocycles. The van der Waals surface area contributed by atoms with Gasteiger partial charge in [0.05, 0.1) is 0 Å². The first kappa shape index (κ1) is 16.5. The van der Waals surface area contributed by atoms with Crippen molar-refractivity contribution < 1.29 is 21.6 Å². The highest BCUT2D eigenvalue weighted by atomic mass is 79.9. The van der Waals surface area contributed by atoms with Crippen LogP contribution in [0.5, 0.6) is 0 Å². The van der Waals surface area contributed by atoms with E-state index in [9.17, 15) is 21.6 Å². The van der Waals surface area contributed by atoms with E-state index in [4.69, 9.17) is 0 Å². The van der Waals surface area contributed by atoms with Crippen molar-refractivity contribution in [2.24, 2.45) is 0 Å². The molecule has 0 heterocycles. The molecule has 8 heteroatoms. The fraction of sp³-hybridized carbons (Fsp3) is 0.455. The summed E-state index contributed by atoms with van der Waals surface area (Å²) in [7, 11) is -4.33. The molecule has 0 radical (unpaired) electrons. The first-order chi connectivity index (χ1) is 8.77. The highest BCUT2D eigenvalue weighted by molar-refractivity contribution is 9.09. The molecule has 0 fully saturated rings. The lowest BCUT2D eigenvalue weighted by Crippen LogP contribution is -2.28. The predicted octanol–water partition coefficient (Wildman–Crippen LogP) is 2.95. The Balaban J connectivity index is 2.89. The Kier molecular flexibility index (Phi) is 5.82. The highest BCUT2D eigenvalue weighted by Crippen LogP contribution is 2.20. The molecule has 1 atom stereocenters. The number of nitrogens with one attached hydrogen (secondary N) is 1.